The molecule has 3 aromatic carbocycles. The van der Waals surface area contributed by atoms with Gasteiger partial charge < -0.3 is 15.7 Å². The quantitative estimate of drug-likeness (QED) is 0.483. The van der Waals surface area contributed by atoms with Gasteiger partial charge in [-0.05, 0) is 24.3 Å². The van der Waals surface area contributed by atoms with Crippen LogP contribution < -0.4 is 10.6 Å². The monoisotopic (exact) mass is 360 g/mol. The zero-order valence-corrected chi connectivity index (χ0v) is 13.0. The minimum Gasteiger partial charge on any atom is -0.507 e. The number of amides is 2. The third kappa shape index (κ3) is 3.16. The molecule has 26 heavy (non-hydrogen) atoms. The number of rotatable bonds is 2. The fourth-order valence-electron chi connectivity index (χ4n) is 2.38. The number of hydrogen-bond acceptors (Lipinski definition) is 3. The SMILES string of the molecule is O=C(Nc1ccc(F)c(F)c1F)C(=O)Nc1cccc2c(O)cccc12. The molecule has 0 aliphatic heterocycles. The van der Waals surface area contributed by atoms with Crippen LogP contribution in [0.25, 0.3) is 10.8 Å². The highest BCUT2D eigenvalue weighted by atomic mass is 19.2. The van der Waals surface area contributed by atoms with Crippen LogP contribution in [-0.2, 0) is 9.59 Å². The Kier molecular flexibility index (Phi) is 4.49. The second kappa shape index (κ2) is 6.75. The molecule has 0 bridgehead atoms. The van der Waals surface area contributed by atoms with Gasteiger partial charge in [-0.1, -0.05) is 24.3 Å². The van der Waals surface area contributed by atoms with E-state index in [9.17, 15) is 27.9 Å². The van der Waals surface area contributed by atoms with Gasteiger partial charge >= 0.3 is 11.8 Å². The first-order valence-corrected chi connectivity index (χ1v) is 7.35. The van der Waals surface area contributed by atoms with Crippen molar-refractivity contribution in [2.45, 2.75) is 0 Å². The number of benzene rings is 3. The molecule has 5 nitrogen and oxygen atoms in total. The molecule has 0 aliphatic carbocycles. The summed E-state index contributed by atoms with van der Waals surface area (Å²) in [4.78, 5) is 23.9. The average molecular weight is 360 g/mol. The van der Waals surface area contributed by atoms with E-state index in [0.717, 1.165) is 6.07 Å². The molecule has 0 aliphatic rings. The number of nitrogens with one attached hydrogen (secondary N) is 2. The maximum atomic E-state index is 13.6. The highest BCUT2D eigenvalue weighted by Gasteiger charge is 2.20. The second-order valence-electron chi connectivity index (χ2n) is 5.31. The van der Waals surface area contributed by atoms with Gasteiger partial charge in [0.05, 0.1) is 5.69 Å². The Morgan fingerprint density at radius 2 is 1.35 bits per heavy atom. The van der Waals surface area contributed by atoms with Crippen molar-refractivity contribution in [2.75, 3.05) is 10.6 Å². The topological polar surface area (TPSA) is 78.4 Å². The number of aromatic hydroxyl groups is 1. The fourth-order valence-corrected chi connectivity index (χ4v) is 2.38. The summed E-state index contributed by atoms with van der Waals surface area (Å²) >= 11 is 0. The summed E-state index contributed by atoms with van der Waals surface area (Å²) in [6.45, 7) is 0. The predicted molar refractivity (Wildman–Crippen MR) is 89.2 cm³/mol. The van der Waals surface area contributed by atoms with Crippen LogP contribution in [0.3, 0.4) is 0 Å². The lowest BCUT2D eigenvalue weighted by Gasteiger charge is -2.10. The molecule has 132 valence electrons. The largest absolute Gasteiger partial charge is 0.507 e. The van der Waals surface area contributed by atoms with Crippen LogP contribution in [-0.4, -0.2) is 16.9 Å². The normalized spacial score (nSPS) is 10.6. The summed E-state index contributed by atoms with van der Waals surface area (Å²) in [7, 11) is 0. The molecule has 0 fully saturated rings. The first kappa shape index (κ1) is 17.3. The summed E-state index contributed by atoms with van der Waals surface area (Å²) in [6, 6.07) is 10.8. The van der Waals surface area contributed by atoms with E-state index >= 15 is 0 Å². The van der Waals surface area contributed by atoms with Gasteiger partial charge in [0, 0.05) is 16.5 Å². The molecule has 0 saturated heterocycles. The van der Waals surface area contributed by atoms with E-state index < -0.39 is 35.0 Å². The van der Waals surface area contributed by atoms with Crippen LogP contribution in [0.4, 0.5) is 24.5 Å². The molecule has 2 amide bonds. The maximum Gasteiger partial charge on any atom is 0.314 e. The Labute approximate surface area is 145 Å². The highest BCUT2D eigenvalue weighted by Crippen LogP contribution is 2.29. The van der Waals surface area contributed by atoms with Crippen molar-refractivity contribution >= 4 is 34.0 Å². The van der Waals surface area contributed by atoms with Gasteiger partial charge in [-0.15, -0.1) is 0 Å². The van der Waals surface area contributed by atoms with Crippen molar-refractivity contribution in [1.82, 2.24) is 0 Å². The smallest absolute Gasteiger partial charge is 0.314 e. The number of anilines is 2. The zero-order chi connectivity index (χ0) is 18.8. The molecule has 3 rings (SSSR count). The van der Waals surface area contributed by atoms with Gasteiger partial charge in [-0.3, -0.25) is 9.59 Å². The van der Waals surface area contributed by atoms with Crippen LogP contribution >= 0.6 is 0 Å². The standard InChI is InChI=1S/C18H11F3N2O3/c19-11-7-8-13(16(21)15(11)20)23-18(26)17(25)22-12-5-1-4-10-9(12)3-2-6-14(10)24/h1-8,24H,(H,22,25)(H,23,26). The second-order valence-corrected chi connectivity index (χ2v) is 5.31. The average Bonchev–Trinajstić information content (AvgIpc) is 2.63. The van der Waals surface area contributed by atoms with Gasteiger partial charge in [-0.25, -0.2) is 13.2 Å². The zero-order valence-electron chi connectivity index (χ0n) is 13.0. The molecule has 0 atom stereocenters. The first-order valence-electron chi connectivity index (χ1n) is 7.35. The van der Waals surface area contributed by atoms with E-state index in [0.29, 0.717) is 16.8 Å². The Balaban J connectivity index is 1.82. The minimum absolute atomic E-state index is 0.00749. The van der Waals surface area contributed by atoms with E-state index in [1.54, 1.807) is 24.3 Å². The van der Waals surface area contributed by atoms with Crippen molar-refractivity contribution in [3.63, 3.8) is 0 Å². The Morgan fingerprint density at radius 3 is 2.08 bits per heavy atom. The fraction of sp³-hybridized carbons (Fsp3) is 0. The van der Waals surface area contributed by atoms with Gasteiger partial charge in [0.1, 0.15) is 5.75 Å². The molecular formula is C18H11F3N2O3. The molecule has 3 aromatic rings. The van der Waals surface area contributed by atoms with Crippen LogP contribution in [0.5, 0.6) is 5.75 Å². The summed E-state index contributed by atoms with van der Waals surface area (Å²) in [5, 5.41) is 14.9. The van der Waals surface area contributed by atoms with E-state index in [1.165, 1.54) is 12.1 Å². The number of carbonyl (C=O) groups is 2. The molecule has 0 radical (unpaired) electrons. The van der Waals surface area contributed by atoms with Gasteiger partial charge in [0.2, 0.25) is 0 Å². The third-order valence-corrected chi connectivity index (χ3v) is 3.64. The Hall–Kier alpha value is -3.55. The summed E-state index contributed by atoms with van der Waals surface area (Å²) in [5.74, 6) is -7.21. The van der Waals surface area contributed by atoms with Gasteiger partial charge in [-0.2, -0.15) is 0 Å². The number of hydrogen-bond donors (Lipinski definition) is 3. The number of phenols is 1. The van der Waals surface area contributed by atoms with Crippen molar-refractivity contribution in [1.29, 1.82) is 0 Å². The molecule has 0 spiro atoms. The Morgan fingerprint density at radius 1 is 0.731 bits per heavy atom. The number of fused-ring (bicyclic) bond motifs is 1. The first-order chi connectivity index (χ1) is 12.4. The minimum atomic E-state index is -1.76. The molecule has 3 N–H and O–H groups in total. The summed E-state index contributed by atoms with van der Waals surface area (Å²) in [6.07, 6.45) is 0. The van der Waals surface area contributed by atoms with E-state index in [4.69, 9.17) is 0 Å². The number of phenolic OH excluding ortho intramolecular Hbond substituents is 1. The van der Waals surface area contributed by atoms with Gasteiger partial charge in [0.15, 0.2) is 17.5 Å². The van der Waals surface area contributed by atoms with Crippen LogP contribution in [0.15, 0.2) is 48.5 Å². The van der Waals surface area contributed by atoms with Gasteiger partial charge in [0.25, 0.3) is 0 Å². The lowest BCUT2D eigenvalue weighted by Crippen LogP contribution is -2.29. The third-order valence-electron chi connectivity index (χ3n) is 3.64. The molecule has 0 aromatic heterocycles. The highest BCUT2D eigenvalue weighted by molar-refractivity contribution is 6.44. The van der Waals surface area contributed by atoms with Crippen LogP contribution in [0.1, 0.15) is 0 Å². The predicted octanol–water partition coefficient (Wildman–Crippen LogP) is 3.54. The van der Waals surface area contributed by atoms with E-state index in [2.05, 4.69) is 5.32 Å². The molecule has 0 unspecified atom stereocenters. The molecule has 8 heteroatoms. The van der Waals surface area contributed by atoms with Crippen molar-refractivity contribution in [3.8, 4) is 5.75 Å². The van der Waals surface area contributed by atoms with E-state index in [-0.39, 0.29) is 11.4 Å². The van der Waals surface area contributed by atoms with Crippen LogP contribution in [0.2, 0.25) is 0 Å². The Bertz CT molecular complexity index is 1040. The molecule has 0 heterocycles. The van der Waals surface area contributed by atoms with E-state index in [1.807, 2.05) is 5.32 Å². The lowest BCUT2D eigenvalue weighted by atomic mass is 10.1. The van der Waals surface area contributed by atoms with Crippen molar-refractivity contribution in [2.24, 2.45) is 0 Å². The molecule has 0 saturated carbocycles. The number of carbonyl (C=O) groups excluding carboxylic acids is 2. The summed E-state index contributed by atoms with van der Waals surface area (Å²) in [5.41, 5.74) is -0.427. The number of halogens is 3. The van der Waals surface area contributed by atoms with Crippen LogP contribution in [0, 0.1) is 17.5 Å². The van der Waals surface area contributed by atoms with Crippen molar-refractivity contribution in [3.05, 3.63) is 66.0 Å². The molecular weight excluding hydrogens is 349 g/mol. The van der Waals surface area contributed by atoms with Crippen molar-refractivity contribution < 1.29 is 27.9 Å². The lowest BCUT2D eigenvalue weighted by molar-refractivity contribution is -0.133. The maximum absolute atomic E-state index is 13.6. The summed E-state index contributed by atoms with van der Waals surface area (Å²) < 4.78 is 39.6.